The smallest absolute Gasteiger partial charge is 0.259 e. The molecule has 1 amide bonds. The lowest BCUT2D eigenvalue weighted by molar-refractivity contribution is -0.254. The molecule has 0 spiro atoms. The van der Waals surface area contributed by atoms with Crippen LogP contribution in [0.25, 0.3) is 5.76 Å². The van der Waals surface area contributed by atoms with Crippen molar-refractivity contribution in [3.05, 3.63) is 46.2 Å². The molecule has 15 heteroatoms. The Morgan fingerprint density at radius 1 is 1.09 bits per heavy atom. The van der Waals surface area contributed by atoms with Crippen molar-refractivity contribution in [1.82, 2.24) is 10.6 Å². The Labute approximate surface area is 257 Å². The zero-order valence-electron chi connectivity index (χ0n) is 24.7. The molecule has 1 aromatic rings. The Balaban J connectivity index is 1.50. The van der Waals surface area contributed by atoms with E-state index in [0.29, 0.717) is 0 Å². The number of aromatic hydroxyl groups is 1. The van der Waals surface area contributed by atoms with E-state index in [-0.39, 0.29) is 17.5 Å². The Bertz CT molecular complexity index is 1490. The summed E-state index contributed by atoms with van der Waals surface area (Å²) in [4.78, 5) is 41.3. The molecule has 11 N–H and O–H groups in total. The van der Waals surface area contributed by atoms with Crippen LogP contribution in [0.4, 0.5) is 0 Å². The molecule has 10 atom stereocenters. The molecule has 2 fully saturated rings. The van der Waals surface area contributed by atoms with Gasteiger partial charge in [0.2, 0.25) is 5.78 Å². The van der Waals surface area contributed by atoms with Crippen LogP contribution in [0.15, 0.2) is 35.1 Å². The van der Waals surface area contributed by atoms with Crippen LogP contribution >= 0.6 is 0 Å². The predicted molar refractivity (Wildman–Crippen MR) is 152 cm³/mol. The number of nitrogens with one attached hydrogen (secondary N) is 2. The van der Waals surface area contributed by atoms with E-state index in [1.54, 1.807) is 13.8 Å². The van der Waals surface area contributed by atoms with Crippen molar-refractivity contribution in [3.8, 4) is 5.75 Å². The van der Waals surface area contributed by atoms with Gasteiger partial charge in [-0.25, -0.2) is 0 Å². The molecule has 1 heterocycles. The molecular weight excluding hydrogens is 596 g/mol. The normalized spacial score (nSPS) is 38.2. The number of aliphatic hydroxyl groups excluding tert-OH is 6. The minimum absolute atomic E-state index is 0.126. The number of aliphatic hydroxyl groups is 8. The number of fused-ring (bicyclic) bond motifs is 3. The van der Waals surface area contributed by atoms with Gasteiger partial charge in [-0.15, -0.1) is 0 Å². The first-order valence-corrected chi connectivity index (χ1v) is 14.6. The van der Waals surface area contributed by atoms with Gasteiger partial charge in [-0.05, 0) is 30.9 Å². The second-order valence-electron chi connectivity index (χ2n) is 12.6. The lowest BCUT2D eigenvalue weighted by atomic mass is 9.52. The van der Waals surface area contributed by atoms with E-state index in [2.05, 4.69) is 10.6 Å². The van der Waals surface area contributed by atoms with E-state index in [0.717, 1.165) is 0 Å². The maximum absolute atomic E-state index is 14.1. The van der Waals surface area contributed by atoms with Crippen LogP contribution in [0.3, 0.4) is 0 Å². The number of amides is 1. The van der Waals surface area contributed by atoms with Crippen LogP contribution in [0.2, 0.25) is 0 Å². The highest BCUT2D eigenvalue weighted by atomic mass is 16.6. The van der Waals surface area contributed by atoms with E-state index in [4.69, 9.17) is 4.74 Å². The van der Waals surface area contributed by atoms with Crippen molar-refractivity contribution in [1.29, 1.82) is 0 Å². The summed E-state index contributed by atoms with van der Waals surface area (Å²) in [6.07, 6.45) is -6.45. The molecule has 3 aliphatic carbocycles. The van der Waals surface area contributed by atoms with Gasteiger partial charge in [0.1, 0.15) is 41.2 Å². The maximum atomic E-state index is 14.1. The van der Waals surface area contributed by atoms with Gasteiger partial charge in [0.05, 0.1) is 30.5 Å². The van der Waals surface area contributed by atoms with Crippen LogP contribution in [-0.2, 0) is 24.7 Å². The Kier molecular flexibility index (Phi) is 8.38. The zero-order valence-corrected chi connectivity index (χ0v) is 24.7. The second-order valence-corrected chi connectivity index (χ2v) is 12.6. The van der Waals surface area contributed by atoms with Crippen LogP contribution < -0.4 is 10.6 Å². The minimum Gasteiger partial charge on any atom is -0.508 e. The first kappa shape index (κ1) is 33.0. The lowest BCUT2D eigenvalue weighted by Crippen LogP contribution is -2.65. The summed E-state index contributed by atoms with van der Waals surface area (Å²) in [7, 11) is 0. The molecule has 1 saturated carbocycles. The number of Topliss-reactive ketones (excluding diaryl/α,β-unsaturated/α-hetero) is 2. The van der Waals surface area contributed by atoms with Gasteiger partial charge >= 0.3 is 0 Å². The van der Waals surface area contributed by atoms with E-state index < -0.39 is 125 Å². The summed E-state index contributed by atoms with van der Waals surface area (Å²) in [5.74, 6) is -9.99. The number of rotatable bonds is 6. The van der Waals surface area contributed by atoms with Crippen molar-refractivity contribution in [2.24, 2.45) is 23.7 Å². The molecule has 0 aromatic heterocycles. The molecule has 15 nitrogen and oxygen atoms in total. The van der Waals surface area contributed by atoms with Crippen molar-refractivity contribution >= 4 is 23.2 Å². The van der Waals surface area contributed by atoms with Crippen LogP contribution in [0, 0.1) is 23.7 Å². The van der Waals surface area contributed by atoms with E-state index in [1.807, 2.05) is 0 Å². The number of hydrogen-bond donors (Lipinski definition) is 11. The summed E-state index contributed by atoms with van der Waals surface area (Å²) in [6, 6.07) is 2.81. The van der Waals surface area contributed by atoms with Crippen LogP contribution in [-0.4, -0.2) is 113 Å². The van der Waals surface area contributed by atoms with Gasteiger partial charge in [0, 0.05) is 23.3 Å². The Morgan fingerprint density at radius 2 is 1.76 bits per heavy atom. The standard InChI is InChI=1S/C30H38N2O13/c1-10(2)16-13-7-12-18(23(37)17-11(29(12,3)43)5-4-6-14(17)34)25(39)30(13,44)26(40)19(22(16)36)27(41)32-9-31-20-24(38)21(35)15(8-33)45-28(20)42/h4-6,10,12-13,15-16,20-21,24,28,31,33-35,37-38,40,42-44H,7-9H2,1-3H3,(H,32,41)/t12?,13?,15-,16?,20-,21-,24-,28+,29?,30?/m0/s1. The Morgan fingerprint density at radius 3 is 2.38 bits per heavy atom. The minimum atomic E-state index is -2.87. The van der Waals surface area contributed by atoms with Crippen molar-refractivity contribution in [2.45, 2.75) is 69.0 Å². The second kappa shape index (κ2) is 11.4. The first-order chi connectivity index (χ1) is 21.0. The van der Waals surface area contributed by atoms with E-state index >= 15 is 0 Å². The summed E-state index contributed by atoms with van der Waals surface area (Å²) in [6.45, 7) is 3.38. The van der Waals surface area contributed by atoms with Crippen LogP contribution in [0.5, 0.6) is 5.75 Å². The molecule has 0 radical (unpaired) electrons. The molecule has 4 aliphatic rings. The molecule has 0 bridgehead atoms. The van der Waals surface area contributed by atoms with Gasteiger partial charge in [-0.2, -0.15) is 0 Å². The number of hydrogen-bond acceptors (Lipinski definition) is 14. The highest BCUT2D eigenvalue weighted by Crippen LogP contribution is 2.58. The number of carbonyl (C=O) groups excluding carboxylic acids is 3. The summed E-state index contributed by atoms with van der Waals surface area (Å²) >= 11 is 0. The molecule has 5 unspecified atom stereocenters. The van der Waals surface area contributed by atoms with Gasteiger partial charge < -0.3 is 56.0 Å². The molecule has 45 heavy (non-hydrogen) atoms. The summed E-state index contributed by atoms with van der Waals surface area (Å²) in [5, 5.41) is 101. The van der Waals surface area contributed by atoms with Crippen molar-refractivity contribution in [2.75, 3.05) is 13.3 Å². The molecular formula is C30H38N2O13. The van der Waals surface area contributed by atoms with Crippen LogP contribution in [0.1, 0.15) is 38.3 Å². The third-order valence-corrected chi connectivity index (χ3v) is 9.74. The number of ether oxygens (including phenoxy) is 1. The number of phenolic OH excluding ortho intramolecular Hbond substituents is 1. The molecule has 1 aromatic carbocycles. The predicted octanol–water partition coefficient (Wildman–Crippen LogP) is -2.05. The van der Waals surface area contributed by atoms with Gasteiger partial charge in [-0.3, -0.25) is 19.7 Å². The van der Waals surface area contributed by atoms with Gasteiger partial charge in [0.25, 0.3) is 5.91 Å². The number of ketones is 2. The fourth-order valence-electron chi connectivity index (χ4n) is 7.38. The fourth-order valence-corrected chi connectivity index (χ4v) is 7.38. The van der Waals surface area contributed by atoms with E-state index in [9.17, 15) is 60.3 Å². The van der Waals surface area contributed by atoms with Gasteiger partial charge in [0.15, 0.2) is 17.7 Å². The summed E-state index contributed by atoms with van der Waals surface area (Å²) < 4.78 is 5.05. The number of phenols is 1. The highest BCUT2D eigenvalue weighted by Gasteiger charge is 2.66. The number of carbonyl (C=O) groups is 3. The highest BCUT2D eigenvalue weighted by molar-refractivity contribution is 6.24. The molecule has 246 valence electrons. The van der Waals surface area contributed by atoms with Crippen molar-refractivity contribution in [3.63, 3.8) is 0 Å². The maximum Gasteiger partial charge on any atom is 0.259 e. The number of benzene rings is 1. The van der Waals surface area contributed by atoms with Gasteiger partial charge in [-0.1, -0.05) is 26.0 Å². The first-order valence-electron chi connectivity index (χ1n) is 14.6. The lowest BCUT2D eigenvalue weighted by Gasteiger charge is -2.53. The SMILES string of the molecule is CC(C)C1C(=O)C(C(=O)NCN[C@H]2[C@H](O)[C@@H](O)[C@H](CO)O[C@H]2O)=C(O)C2(O)C(=O)C3=C(O)c4c(O)cccc4C(C)(O)C3CC12. The average molecular weight is 635 g/mol. The van der Waals surface area contributed by atoms with Crippen molar-refractivity contribution < 1.29 is 65.1 Å². The third-order valence-electron chi connectivity index (χ3n) is 9.74. The fraction of sp³-hybridized carbons (Fsp3) is 0.567. The quantitative estimate of drug-likeness (QED) is 0.119. The third kappa shape index (κ3) is 4.77. The zero-order chi connectivity index (χ0) is 33.3. The monoisotopic (exact) mass is 634 g/mol. The molecule has 1 saturated heterocycles. The van der Waals surface area contributed by atoms with E-state index in [1.165, 1.54) is 25.1 Å². The summed E-state index contributed by atoms with van der Waals surface area (Å²) in [5.41, 5.74) is -6.21. The Hall–Kier alpha value is -3.41. The topological polar surface area (TPSA) is 267 Å². The average Bonchev–Trinajstić information content (AvgIpc) is 2.97. The largest absolute Gasteiger partial charge is 0.508 e. The molecule has 5 rings (SSSR count). The molecule has 1 aliphatic heterocycles.